The standard InChI is InChI=1S/C25H26F2O8/c1-16(28)32-23(33-17(2)29)24(26,27)25(34-18(3)30,35-19(4)31)22-14-12-21(13-15-22)11-10-20-8-6-5-7-9-20/h5-9,12-15,23H,10-11H2,1-4H3. The molecule has 0 atom stereocenters. The Kier molecular flexibility index (Phi) is 9.05. The van der Waals surface area contributed by atoms with Crippen LogP contribution in [0, 0.1) is 0 Å². The van der Waals surface area contributed by atoms with Gasteiger partial charge in [-0.05, 0) is 24.0 Å². The molecule has 2 aromatic carbocycles. The summed E-state index contributed by atoms with van der Waals surface area (Å²) in [5.41, 5.74) is 1.39. The van der Waals surface area contributed by atoms with E-state index in [1.54, 1.807) is 0 Å². The molecule has 0 aromatic heterocycles. The van der Waals surface area contributed by atoms with Gasteiger partial charge in [-0.15, -0.1) is 0 Å². The van der Waals surface area contributed by atoms with Crippen LogP contribution in [-0.2, 0) is 56.8 Å². The molecular formula is C25H26F2O8. The number of hydrogen-bond acceptors (Lipinski definition) is 8. The highest BCUT2D eigenvalue weighted by molar-refractivity contribution is 5.70. The van der Waals surface area contributed by atoms with E-state index in [1.807, 2.05) is 30.3 Å². The van der Waals surface area contributed by atoms with Crippen molar-refractivity contribution in [1.29, 1.82) is 0 Å². The van der Waals surface area contributed by atoms with Crippen LogP contribution in [0.2, 0.25) is 0 Å². The Morgan fingerprint density at radius 1 is 0.686 bits per heavy atom. The predicted octanol–water partition coefficient (Wildman–Crippen LogP) is 3.84. The smallest absolute Gasteiger partial charge is 0.399 e. The van der Waals surface area contributed by atoms with E-state index < -0.39 is 47.4 Å². The first-order valence-electron chi connectivity index (χ1n) is 10.6. The van der Waals surface area contributed by atoms with Crippen molar-refractivity contribution in [3.63, 3.8) is 0 Å². The molecule has 0 unspecified atom stereocenters. The number of carbonyl (C=O) groups excluding carboxylic acids is 4. The Bertz CT molecular complexity index is 1020. The summed E-state index contributed by atoms with van der Waals surface area (Å²) in [6.45, 7) is 3.28. The molecule has 0 saturated carbocycles. The number of carbonyl (C=O) groups is 4. The molecule has 35 heavy (non-hydrogen) atoms. The van der Waals surface area contributed by atoms with E-state index in [4.69, 9.17) is 9.47 Å². The molecule has 10 heteroatoms. The Balaban J connectivity index is 2.54. The van der Waals surface area contributed by atoms with Gasteiger partial charge in [0.25, 0.3) is 0 Å². The summed E-state index contributed by atoms with van der Waals surface area (Å²) in [4.78, 5) is 46.7. The average Bonchev–Trinajstić information content (AvgIpc) is 2.76. The lowest BCUT2D eigenvalue weighted by atomic mass is 9.95. The Hall–Kier alpha value is -3.82. The number of benzene rings is 2. The van der Waals surface area contributed by atoms with Gasteiger partial charge in [0.05, 0.1) is 0 Å². The molecule has 8 nitrogen and oxygen atoms in total. The van der Waals surface area contributed by atoms with Crippen LogP contribution < -0.4 is 0 Å². The van der Waals surface area contributed by atoms with Crippen molar-refractivity contribution in [3.8, 4) is 0 Å². The molecule has 0 fully saturated rings. The molecule has 0 spiro atoms. The van der Waals surface area contributed by atoms with E-state index in [2.05, 4.69) is 9.47 Å². The minimum atomic E-state index is -4.55. The average molecular weight is 492 g/mol. The molecule has 0 N–H and O–H groups in total. The third-order valence-corrected chi connectivity index (χ3v) is 4.73. The summed E-state index contributed by atoms with van der Waals surface area (Å²) in [6.07, 6.45) is -1.62. The highest BCUT2D eigenvalue weighted by atomic mass is 19.3. The molecule has 0 heterocycles. The molecule has 2 rings (SSSR count). The second-order valence-corrected chi connectivity index (χ2v) is 7.66. The minimum Gasteiger partial charge on any atom is -0.418 e. The Labute approximate surface area is 201 Å². The van der Waals surface area contributed by atoms with Gasteiger partial charge in [0, 0.05) is 33.3 Å². The number of hydrogen-bond donors (Lipinski definition) is 0. The lowest BCUT2D eigenvalue weighted by Gasteiger charge is -2.40. The summed E-state index contributed by atoms with van der Waals surface area (Å²) >= 11 is 0. The van der Waals surface area contributed by atoms with Crippen molar-refractivity contribution >= 4 is 23.9 Å². The highest BCUT2D eigenvalue weighted by Crippen LogP contribution is 2.46. The first-order valence-corrected chi connectivity index (χ1v) is 10.6. The fourth-order valence-electron chi connectivity index (χ4n) is 3.32. The monoisotopic (exact) mass is 492 g/mol. The summed E-state index contributed by atoms with van der Waals surface area (Å²) in [5.74, 6) is -12.9. The lowest BCUT2D eigenvalue weighted by molar-refractivity contribution is -0.367. The van der Waals surface area contributed by atoms with Crippen molar-refractivity contribution in [2.75, 3.05) is 0 Å². The van der Waals surface area contributed by atoms with Crippen molar-refractivity contribution < 1.29 is 46.9 Å². The van der Waals surface area contributed by atoms with Crippen LogP contribution in [0.25, 0.3) is 0 Å². The maximum Gasteiger partial charge on any atom is 0.399 e. The molecular weight excluding hydrogens is 466 g/mol. The van der Waals surface area contributed by atoms with Gasteiger partial charge in [-0.1, -0.05) is 54.6 Å². The highest BCUT2D eigenvalue weighted by Gasteiger charge is 2.69. The molecule has 188 valence electrons. The molecule has 0 aliphatic carbocycles. The number of rotatable bonds is 10. The van der Waals surface area contributed by atoms with E-state index in [1.165, 1.54) is 24.3 Å². The lowest BCUT2D eigenvalue weighted by Crippen LogP contribution is -2.59. The van der Waals surface area contributed by atoms with Crippen molar-refractivity contribution in [2.45, 2.75) is 58.5 Å². The predicted molar refractivity (Wildman–Crippen MR) is 118 cm³/mol. The summed E-state index contributed by atoms with van der Waals surface area (Å²) in [6, 6.07) is 15.0. The van der Waals surface area contributed by atoms with E-state index in [9.17, 15) is 19.2 Å². The number of alkyl halides is 2. The van der Waals surface area contributed by atoms with Crippen LogP contribution in [-0.4, -0.2) is 36.1 Å². The zero-order valence-electron chi connectivity index (χ0n) is 19.7. The molecule has 0 amide bonds. The number of esters is 4. The van der Waals surface area contributed by atoms with Crippen LogP contribution >= 0.6 is 0 Å². The quantitative estimate of drug-likeness (QED) is 0.364. The second kappa shape index (κ2) is 11.5. The maximum absolute atomic E-state index is 15.9. The molecule has 0 aliphatic rings. The number of aryl methyl sites for hydroxylation is 2. The molecule has 2 aromatic rings. The third-order valence-electron chi connectivity index (χ3n) is 4.73. The van der Waals surface area contributed by atoms with Crippen LogP contribution in [0.1, 0.15) is 44.4 Å². The van der Waals surface area contributed by atoms with Gasteiger partial charge < -0.3 is 18.9 Å². The summed E-state index contributed by atoms with van der Waals surface area (Å²) < 4.78 is 50.6. The fourth-order valence-corrected chi connectivity index (χ4v) is 3.32. The van der Waals surface area contributed by atoms with Gasteiger partial charge in [-0.25, -0.2) is 0 Å². The third kappa shape index (κ3) is 7.08. The van der Waals surface area contributed by atoms with E-state index >= 15 is 8.78 Å². The summed E-state index contributed by atoms with van der Waals surface area (Å²) in [5, 5.41) is 0. The molecule has 0 aliphatic heterocycles. The van der Waals surface area contributed by atoms with Crippen molar-refractivity contribution in [2.24, 2.45) is 0 Å². The minimum absolute atomic E-state index is 0.444. The topological polar surface area (TPSA) is 105 Å². The van der Waals surface area contributed by atoms with Crippen LogP contribution in [0.5, 0.6) is 0 Å². The zero-order valence-corrected chi connectivity index (χ0v) is 19.7. The SMILES string of the molecule is CC(=O)OC(OC(C)=O)C(F)(F)C(OC(C)=O)(OC(C)=O)c1ccc(CCc2ccccc2)cc1. The first kappa shape index (κ1) is 27.4. The Morgan fingerprint density at radius 2 is 1.11 bits per heavy atom. The van der Waals surface area contributed by atoms with Crippen LogP contribution in [0.15, 0.2) is 54.6 Å². The van der Waals surface area contributed by atoms with E-state index in [0.29, 0.717) is 12.8 Å². The normalized spacial score (nSPS) is 11.5. The summed E-state index contributed by atoms with van der Waals surface area (Å²) in [7, 11) is 0. The van der Waals surface area contributed by atoms with Gasteiger partial charge >= 0.3 is 41.9 Å². The zero-order chi connectivity index (χ0) is 26.2. The molecule has 0 bridgehead atoms. The van der Waals surface area contributed by atoms with Gasteiger partial charge in [0.15, 0.2) is 0 Å². The Morgan fingerprint density at radius 3 is 1.51 bits per heavy atom. The van der Waals surface area contributed by atoms with Crippen LogP contribution in [0.3, 0.4) is 0 Å². The van der Waals surface area contributed by atoms with Crippen molar-refractivity contribution in [1.82, 2.24) is 0 Å². The number of ether oxygens (including phenoxy) is 4. The number of halogens is 2. The van der Waals surface area contributed by atoms with Gasteiger partial charge in [0.2, 0.25) is 0 Å². The van der Waals surface area contributed by atoms with Crippen LogP contribution in [0.4, 0.5) is 8.78 Å². The largest absolute Gasteiger partial charge is 0.418 e. The molecule has 0 saturated heterocycles. The fraction of sp³-hybridized carbons (Fsp3) is 0.360. The van der Waals surface area contributed by atoms with Crippen molar-refractivity contribution in [3.05, 3.63) is 71.3 Å². The molecule has 0 radical (unpaired) electrons. The second-order valence-electron chi connectivity index (χ2n) is 7.66. The van der Waals surface area contributed by atoms with Gasteiger partial charge in [-0.3, -0.25) is 19.2 Å². The van der Waals surface area contributed by atoms with E-state index in [-0.39, 0.29) is 0 Å². The van der Waals surface area contributed by atoms with Gasteiger partial charge in [-0.2, -0.15) is 8.78 Å². The maximum atomic E-state index is 15.9. The van der Waals surface area contributed by atoms with Gasteiger partial charge in [0.1, 0.15) is 0 Å². The first-order chi connectivity index (χ1) is 16.4. The van der Waals surface area contributed by atoms with E-state index in [0.717, 1.165) is 38.8 Å².